The fourth-order valence-corrected chi connectivity index (χ4v) is 3.10. The largest absolute Gasteiger partial charge is 0.445 e. The summed E-state index contributed by atoms with van der Waals surface area (Å²) in [6.07, 6.45) is 2.58. The van der Waals surface area contributed by atoms with Crippen LogP contribution in [-0.4, -0.2) is 34.8 Å². The quantitative estimate of drug-likeness (QED) is 0.722. The summed E-state index contributed by atoms with van der Waals surface area (Å²) in [4.78, 5) is 30.5. The normalized spacial score (nSPS) is 15.0. The fraction of sp³-hybridized carbons (Fsp3) is 0.316. The zero-order valence-electron chi connectivity index (χ0n) is 13.7. The number of ketones is 1. The highest BCUT2D eigenvalue weighted by Gasteiger charge is 2.29. The van der Waals surface area contributed by atoms with Crippen LogP contribution in [0.3, 0.4) is 0 Å². The lowest BCUT2D eigenvalue weighted by atomic mass is 9.91. The van der Waals surface area contributed by atoms with E-state index in [1.54, 1.807) is 17.2 Å². The number of carbonyl (C=O) groups is 2. The lowest BCUT2D eigenvalue weighted by Crippen LogP contribution is -2.40. The van der Waals surface area contributed by atoms with Gasteiger partial charge in [0.05, 0.1) is 0 Å². The van der Waals surface area contributed by atoms with Gasteiger partial charge in [0, 0.05) is 29.7 Å². The second-order valence-corrected chi connectivity index (χ2v) is 6.94. The molecule has 0 aliphatic carbocycles. The average molecular weight is 403 g/mol. The second kappa shape index (κ2) is 8.25. The zero-order valence-corrected chi connectivity index (χ0v) is 15.3. The van der Waals surface area contributed by atoms with Gasteiger partial charge < -0.3 is 9.64 Å². The first kappa shape index (κ1) is 17.6. The second-order valence-electron chi connectivity index (χ2n) is 6.03. The number of likely N-dealkylation sites (tertiary alicyclic amines) is 1. The molecule has 1 aliphatic rings. The summed E-state index contributed by atoms with van der Waals surface area (Å²) in [5.74, 6) is -0.0448. The molecule has 1 aliphatic heterocycles. The Balaban J connectivity index is 1.48. The first-order valence-electron chi connectivity index (χ1n) is 8.25. The number of hydrogen-bond donors (Lipinski definition) is 0. The van der Waals surface area contributed by atoms with E-state index >= 15 is 0 Å². The number of aromatic nitrogens is 1. The molecule has 0 radical (unpaired) electrons. The summed E-state index contributed by atoms with van der Waals surface area (Å²) < 4.78 is 6.19. The Bertz CT molecular complexity index is 726. The number of carbonyl (C=O) groups excluding carboxylic acids is 2. The van der Waals surface area contributed by atoms with Crippen molar-refractivity contribution in [2.24, 2.45) is 5.92 Å². The lowest BCUT2D eigenvalue weighted by Gasteiger charge is -2.30. The zero-order chi connectivity index (χ0) is 17.6. The summed E-state index contributed by atoms with van der Waals surface area (Å²) in [6, 6.07) is 13.1. The van der Waals surface area contributed by atoms with Crippen LogP contribution in [0.25, 0.3) is 0 Å². The van der Waals surface area contributed by atoms with E-state index in [9.17, 15) is 9.59 Å². The maximum atomic E-state index is 12.5. The van der Waals surface area contributed by atoms with Crippen molar-refractivity contribution in [1.82, 2.24) is 9.88 Å². The first-order valence-corrected chi connectivity index (χ1v) is 9.04. The van der Waals surface area contributed by atoms with Crippen molar-refractivity contribution in [3.8, 4) is 0 Å². The number of benzene rings is 1. The van der Waals surface area contributed by atoms with Crippen LogP contribution in [0.2, 0.25) is 0 Å². The van der Waals surface area contributed by atoms with Gasteiger partial charge in [-0.2, -0.15) is 0 Å². The van der Waals surface area contributed by atoms with Gasteiger partial charge in [-0.1, -0.05) is 30.3 Å². The molecule has 0 bridgehead atoms. The number of amides is 1. The molecule has 0 saturated carbocycles. The fourth-order valence-electron chi connectivity index (χ4n) is 2.87. The van der Waals surface area contributed by atoms with Gasteiger partial charge in [0.25, 0.3) is 0 Å². The minimum atomic E-state index is -0.323. The molecule has 130 valence electrons. The van der Waals surface area contributed by atoms with Gasteiger partial charge in [0.15, 0.2) is 5.78 Å². The maximum Gasteiger partial charge on any atom is 0.410 e. The Kier molecular flexibility index (Phi) is 5.81. The molecule has 1 fully saturated rings. The first-order chi connectivity index (χ1) is 12.1. The molecule has 1 saturated heterocycles. The highest BCUT2D eigenvalue weighted by atomic mass is 79.9. The average Bonchev–Trinajstić information content (AvgIpc) is 2.67. The molecule has 1 aromatic heterocycles. The molecule has 0 spiro atoms. The summed E-state index contributed by atoms with van der Waals surface area (Å²) in [7, 11) is 0. The van der Waals surface area contributed by atoms with Gasteiger partial charge in [-0.3, -0.25) is 9.78 Å². The minimum absolute atomic E-state index is 0.0461. The van der Waals surface area contributed by atoms with E-state index in [0.717, 1.165) is 10.0 Å². The number of piperidine rings is 1. The van der Waals surface area contributed by atoms with Crippen molar-refractivity contribution >= 4 is 27.8 Å². The topological polar surface area (TPSA) is 59.5 Å². The highest BCUT2D eigenvalue weighted by Crippen LogP contribution is 2.22. The molecule has 2 aromatic rings. The van der Waals surface area contributed by atoms with Crippen LogP contribution < -0.4 is 0 Å². The number of Topliss-reactive ketones (excluding diaryl/α,β-unsaturated/α-hetero) is 1. The smallest absolute Gasteiger partial charge is 0.410 e. The van der Waals surface area contributed by atoms with Gasteiger partial charge in [-0.25, -0.2) is 4.79 Å². The molecule has 6 heteroatoms. The predicted molar refractivity (Wildman–Crippen MR) is 97.2 cm³/mol. The summed E-state index contributed by atoms with van der Waals surface area (Å²) in [5, 5.41) is 0. The summed E-state index contributed by atoms with van der Waals surface area (Å²) in [5.41, 5.74) is 1.44. The van der Waals surface area contributed by atoms with Gasteiger partial charge in [-0.05, 0) is 46.5 Å². The summed E-state index contributed by atoms with van der Waals surface area (Å²) >= 11 is 3.31. The number of nitrogens with zero attached hydrogens (tertiary/aromatic N) is 2. The molecule has 0 N–H and O–H groups in total. The van der Waals surface area contributed by atoms with E-state index in [2.05, 4.69) is 20.9 Å². The number of halogens is 1. The van der Waals surface area contributed by atoms with E-state index in [1.807, 2.05) is 36.4 Å². The Morgan fingerprint density at radius 3 is 2.48 bits per heavy atom. The third-order valence-electron chi connectivity index (χ3n) is 4.31. The van der Waals surface area contributed by atoms with Gasteiger partial charge in [-0.15, -0.1) is 0 Å². The van der Waals surface area contributed by atoms with Gasteiger partial charge in [0.1, 0.15) is 12.3 Å². The molecule has 3 rings (SSSR count). The van der Waals surface area contributed by atoms with Crippen molar-refractivity contribution in [3.05, 3.63) is 64.4 Å². The molecular weight excluding hydrogens is 384 g/mol. The Hall–Kier alpha value is -2.21. The number of rotatable bonds is 4. The van der Waals surface area contributed by atoms with Crippen molar-refractivity contribution in [1.29, 1.82) is 0 Å². The maximum absolute atomic E-state index is 12.5. The Morgan fingerprint density at radius 2 is 1.84 bits per heavy atom. The van der Waals surface area contributed by atoms with E-state index in [0.29, 0.717) is 31.6 Å². The highest BCUT2D eigenvalue weighted by molar-refractivity contribution is 9.10. The predicted octanol–water partition coefficient (Wildman–Crippen LogP) is 4.08. The van der Waals surface area contributed by atoms with E-state index < -0.39 is 0 Å². The van der Waals surface area contributed by atoms with E-state index in [1.165, 1.54) is 0 Å². The molecule has 5 nitrogen and oxygen atoms in total. The minimum Gasteiger partial charge on any atom is -0.445 e. The molecule has 25 heavy (non-hydrogen) atoms. The van der Waals surface area contributed by atoms with Crippen LogP contribution in [0.5, 0.6) is 0 Å². The lowest BCUT2D eigenvalue weighted by molar-refractivity contribution is 0.0710. The van der Waals surface area contributed by atoms with Crippen LogP contribution in [0.15, 0.2) is 53.1 Å². The molecule has 0 unspecified atom stereocenters. The molecule has 1 amide bonds. The number of pyridine rings is 1. The Labute approximate surface area is 155 Å². The standard InChI is InChI=1S/C19H19BrN2O3/c20-16-6-7-17(21-12-16)18(23)15-8-10-22(11-9-15)19(24)25-13-14-4-2-1-3-5-14/h1-7,12,15H,8-11,13H2. The molecular formula is C19H19BrN2O3. The van der Waals surface area contributed by atoms with Crippen LogP contribution in [0.1, 0.15) is 28.9 Å². The van der Waals surface area contributed by atoms with Gasteiger partial charge >= 0.3 is 6.09 Å². The van der Waals surface area contributed by atoms with Gasteiger partial charge in [0.2, 0.25) is 0 Å². The van der Waals surface area contributed by atoms with Crippen LogP contribution in [0, 0.1) is 5.92 Å². The third-order valence-corrected chi connectivity index (χ3v) is 4.78. The van der Waals surface area contributed by atoms with Crippen LogP contribution >= 0.6 is 15.9 Å². The van der Waals surface area contributed by atoms with Crippen molar-refractivity contribution in [3.63, 3.8) is 0 Å². The van der Waals surface area contributed by atoms with E-state index in [-0.39, 0.29) is 24.4 Å². The van der Waals surface area contributed by atoms with Crippen LogP contribution in [0.4, 0.5) is 4.79 Å². The van der Waals surface area contributed by atoms with E-state index in [4.69, 9.17) is 4.74 Å². The van der Waals surface area contributed by atoms with Crippen molar-refractivity contribution < 1.29 is 14.3 Å². The van der Waals surface area contributed by atoms with Crippen LogP contribution in [-0.2, 0) is 11.3 Å². The SMILES string of the molecule is O=C(c1ccc(Br)cn1)C1CCN(C(=O)OCc2ccccc2)CC1. The molecule has 0 atom stereocenters. The summed E-state index contributed by atoms with van der Waals surface area (Å²) in [6.45, 7) is 1.32. The number of hydrogen-bond acceptors (Lipinski definition) is 4. The molecule has 2 heterocycles. The third kappa shape index (κ3) is 4.66. The Morgan fingerprint density at radius 1 is 1.12 bits per heavy atom. The molecule has 1 aromatic carbocycles. The van der Waals surface area contributed by atoms with Crippen molar-refractivity contribution in [2.45, 2.75) is 19.4 Å². The monoisotopic (exact) mass is 402 g/mol. The van der Waals surface area contributed by atoms with Crippen molar-refractivity contribution in [2.75, 3.05) is 13.1 Å². The number of ether oxygens (including phenoxy) is 1.